The Labute approximate surface area is 163 Å². The predicted molar refractivity (Wildman–Crippen MR) is 100 cm³/mol. The molecule has 0 bridgehead atoms. The molecule has 0 saturated carbocycles. The zero-order valence-corrected chi connectivity index (χ0v) is 16.4. The second-order valence-corrected chi connectivity index (χ2v) is 8.29. The minimum Gasteiger partial charge on any atom is -0.352 e. The van der Waals surface area contributed by atoms with Crippen molar-refractivity contribution in [1.29, 1.82) is 0 Å². The number of amides is 2. The molecular weight excluding hydrogens is 394 g/mol. The summed E-state index contributed by atoms with van der Waals surface area (Å²) in [5.74, 6) is -2.60. The molecule has 1 N–H and O–H groups in total. The summed E-state index contributed by atoms with van der Waals surface area (Å²) in [7, 11) is 1.75. The summed E-state index contributed by atoms with van der Waals surface area (Å²) in [4.78, 5) is 27.1. The monoisotopic (exact) mass is 414 g/mol. The zero-order chi connectivity index (χ0) is 19.4. The topological polar surface area (TPSA) is 67.2 Å². The normalized spacial score (nSPS) is 15.3. The van der Waals surface area contributed by atoms with Crippen LogP contribution >= 0.6 is 23.1 Å². The fourth-order valence-corrected chi connectivity index (χ4v) is 4.67. The van der Waals surface area contributed by atoms with Crippen LogP contribution in [0.15, 0.2) is 28.7 Å². The fraction of sp³-hybridized carbons (Fsp3) is 0.471. The SMILES string of the molecule is Cn1cc(C(=O)NCC2CCN(C(=O)c3sccc3SC(F)F)CC2)cn1. The molecule has 1 fully saturated rings. The lowest BCUT2D eigenvalue weighted by atomic mass is 9.96. The van der Waals surface area contributed by atoms with E-state index in [4.69, 9.17) is 0 Å². The molecule has 146 valence electrons. The number of rotatable bonds is 6. The van der Waals surface area contributed by atoms with Gasteiger partial charge in [0, 0.05) is 37.8 Å². The third-order valence-electron chi connectivity index (χ3n) is 4.46. The molecular formula is C17H20F2N4O2S2. The molecule has 1 aliphatic heterocycles. The van der Waals surface area contributed by atoms with E-state index in [0.29, 0.717) is 46.7 Å². The zero-order valence-electron chi connectivity index (χ0n) is 14.7. The van der Waals surface area contributed by atoms with Crippen LogP contribution in [0.5, 0.6) is 0 Å². The van der Waals surface area contributed by atoms with Crippen LogP contribution in [0.3, 0.4) is 0 Å². The number of nitrogens with one attached hydrogen (secondary N) is 1. The van der Waals surface area contributed by atoms with Crippen LogP contribution in [-0.2, 0) is 7.05 Å². The minimum absolute atomic E-state index is 0.158. The summed E-state index contributed by atoms with van der Waals surface area (Å²) in [6.07, 6.45) is 4.71. The maximum Gasteiger partial charge on any atom is 0.288 e. The van der Waals surface area contributed by atoms with Crippen molar-refractivity contribution >= 4 is 34.9 Å². The number of carbonyl (C=O) groups excluding carboxylic acids is 2. The van der Waals surface area contributed by atoms with E-state index in [9.17, 15) is 18.4 Å². The van der Waals surface area contributed by atoms with Gasteiger partial charge in [-0.15, -0.1) is 11.3 Å². The van der Waals surface area contributed by atoms with Gasteiger partial charge >= 0.3 is 0 Å². The summed E-state index contributed by atoms with van der Waals surface area (Å²) in [6.45, 7) is 1.66. The standard InChI is InChI=1S/C17H20F2N4O2S2/c1-22-10-12(9-21-22)15(24)20-8-11-2-5-23(6-3-11)16(25)14-13(4-7-26-14)27-17(18)19/h4,7,9-11,17H,2-3,5-6,8H2,1H3,(H,20,24). The van der Waals surface area contributed by atoms with E-state index >= 15 is 0 Å². The van der Waals surface area contributed by atoms with Crippen molar-refractivity contribution < 1.29 is 18.4 Å². The molecule has 0 atom stereocenters. The maximum absolute atomic E-state index is 12.6. The Bertz CT molecular complexity index is 800. The second-order valence-electron chi connectivity index (χ2n) is 6.34. The molecule has 6 nitrogen and oxygen atoms in total. The van der Waals surface area contributed by atoms with E-state index < -0.39 is 5.76 Å². The van der Waals surface area contributed by atoms with Gasteiger partial charge in [0.15, 0.2) is 0 Å². The number of hydrogen-bond donors (Lipinski definition) is 1. The molecule has 10 heteroatoms. The van der Waals surface area contributed by atoms with E-state index in [1.54, 1.807) is 34.3 Å². The highest BCUT2D eigenvalue weighted by Crippen LogP contribution is 2.33. The number of likely N-dealkylation sites (tertiary alicyclic amines) is 1. The highest BCUT2D eigenvalue weighted by atomic mass is 32.2. The molecule has 0 spiro atoms. The van der Waals surface area contributed by atoms with Gasteiger partial charge < -0.3 is 10.2 Å². The molecule has 0 unspecified atom stereocenters. The Morgan fingerprint density at radius 3 is 2.78 bits per heavy atom. The Hall–Kier alpha value is -1.94. The Balaban J connectivity index is 1.48. The first-order valence-corrected chi connectivity index (χ1v) is 10.3. The van der Waals surface area contributed by atoms with Crippen LogP contribution in [0.4, 0.5) is 8.78 Å². The van der Waals surface area contributed by atoms with Crippen molar-refractivity contribution in [3.05, 3.63) is 34.3 Å². The smallest absolute Gasteiger partial charge is 0.288 e. The van der Waals surface area contributed by atoms with Crippen LogP contribution in [-0.4, -0.2) is 51.9 Å². The number of thiophene rings is 1. The third kappa shape index (κ3) is 5.07. The first-order valence-electron chi connectivity index (χ1n) is 8.52. The predicted octanol–water partition coefficient (Wildman–Crippen LogP) is 3.08. The molecule has 0 radical (unpaired) electrons. The molecule has 0 aliphatic carbocycles. The van der Waals surface area contributed by atoms with Gasteiger partial charge in [0.05, 0.1) is 11.8 Å². The number of alkyl halides is 2. The largest absolute Gasteiger partial charge is 0.352 e. The lowest BCUT2D eigenvalue weighted by Gasteiger charge is -2.32. The van der Waals surface area contributed by atoms with Gasteiger partial charge in [-0.3, -0.25) is 14.3 Å². The number of thioether (sulfide) groups is 1. The Morgan fingerprint density at radius 1 is 1.41 bits per heavy atom. The van der Waals surface area contributed by atoms with Crippen molar-refractivity contribution in [3.8, 4) is 0 Å². The average Bonchev–Trinajstić information content (AvgIpc) is 3.28. The van der Waals surface area contributed by atoms with Crippen molar-refractivity contribution in [2.24, 2.45) is 13.0 Å². The number of piperidine rings is 1. The van der Waals surface area contributed by atoms with Gasteiger partial charge in [0.1, 0.15) is 4.88 Å². The number of nitrogens with zero attached hydrogens (tertiary/aromatic N) is 3. The van der Waals surface area contributed by atoms with E-state index in [1.807, 2.05) is 0 Å². The van der Waals surface area contributed by atoms with Crippen molar-refractivity contribution in [2.45, 2.75) is 23.5 Å². The average molecular weight is 415 g/mol. The fourth-order valence-electron chi connectivity index (χ4n) is 3.00. The number of aryl methyl sites for hydroxylation is 1. The Kier molecular flexibility index (Phi) is 6.48. The molecule has 1 aliphatic rings. The van der Waals surface area contributed by atoms with Crippen LogP contribution in [0, 0.1) is 5.92 Å². The lowest BCUT2D eigenvalue weighted by molar-refractivity contribution is 0.0686. The van der Waals surface area contributed by atoms with Crippen molar-refractivity contribution in [3.63, 3.8) is 0 Å². The lowest BCUT2D eigenvalue weighted by Crippen LogP contribution is -2.41. The summed E-state index contributed by atoms with van der Waals surface area (Å²) in [5.41, 5.74) is 0.520. The van der Waals surface area contributed by atoms with Crippen LogP contribution in [0.25, 0.3) is 0 Å². The summed E-state index contributed by atoms with van der Waals surface area (Å²) in [5, 5.41) is 8.54. The minimum atomic E-state index is -2.54. The number of aromatic nitrogens is 2. The molecule has 3 rings (SSSR count). The highest BCUT2D eigenvalue weighted by molar-refractivity contribution is 7.99. The third-order valence-corrected chi connectivity index (χ3v) is 6.26. The van der Waals surface area contributed by atoms with Gasteiger partial charge in [-0.2, -0.15) is 13.9 Å². The van der Waals surface area contributed by atoms with Gasteiger partial charge in [-0.05, 0) is 30.2 Å². The molecule has 2 aromatic heterocycles. The second kappa shape index (κ2) is 8.83. The van der Waals surface area contributed by atoms with Gasteiger partial charge in [0.2, 0.25) is 0 Å². The summed E-state index contributed by atoms with van der Waals surface area (Å²) < 4.78 is 26.8. The van der Waals surface area contributed by atoms with Gasteiger partial charge in [-0.1, -0.05) is 11.8 Å². The summed E-state index contributed by atoms with van der Waals surface area (Å²) in [6, 6.07) is 1.56. The van der Waals surface area contributed by atoms with Crippen LogP contribution in [0.2, 0.25) is 0 Å². The van der Waals surface area contributed by atoms with Gasteiger partial charge in [0.25, 0.3) is 17.6 Å². The number of carbonyl (C=O) groups is 2. The maximum atomic E-state index is 12.6. The molecule has 3 heterocycles. The van der Waals surface area contributed by atoms with Crippen LogP contribution in [0.1, 0.15) is 32.9 Å². The van der Waals surface area contributed by atoms with E-state index in [2.05, 4.69) is 10.4 Å². The number of halogens is 2. The van der Waals surface area contributed by atoms with E-state index in [1.165, 1.54) is 17.5 Å². The number of hydrogen-bond acceptors (Lipinski definition) is 5. The van der Waals surface area contributed by atoms with Gasteiger partial charge in [-0.25, -0.2) is 0 Å². The molecule has 1 saturated heterocycles. The van der Waals surface area contributed by atoms with Crippen molar-refractivity contribution in [1.82, 2.24) is 20.0 Å². The molecule has 2 aromatic rings. The highest BCUT2D eigenvalue weighted by Gasteiger charge is 2.27. The van der Waals surface area contributed by atoms with Crippen LogP contribution < -0.4 is 5.32 Å². The molecule has 2 amide bonds. The van der Waals surface area contributed by atoms with E-state index in [-0.39, 0.29) is 17.7 Å². The molecule has 27 heavy (non-hydrogen) atoms. The first-order chi connectivity index (χ1) is 12.9. The van der Waals surface area contributed by atoms with Crippen molar-refractivity contribution in [2.75, 3.05) is 19.6 Å². The Morgan fingerprint density at radius 2 is 2.15 bits per heavy atom. The first kappa shape index (κ1) is 19.8. The van der Waals surface area contributed by atoms with E-state index in [0.717, 1.165) is 12.8 Å². The quantitative estimate of drug-likeness (QED) is 0.738. The summed E-state index contributed by atoms with van der Waals surface area (Å²) >= 11 is 1.61. The molecule has 0 aromatic carbocycles.